The van der Waals surface area contributed by atoms with E-state index in [-0.39, 0.29) is 0 Å². The molecule has 2 heteroatoms. The van der Waals surface area contributed by atoms with Crippen molar-refractivity contribution in [1.29, 1.82) is 0 Å². The van der Waals surface area contributed by atoms with Crippen molar-refractivity contribution in [3.63, 3.8) is 0 Å². The first-order valence-corrected chi connectivity index (χ1v) is 5.52. The van der Waals surface area contributed by atoms with Crippen LogP contribution in [0.4, 0.5) is 0 Å². The highest BCUT2D eigenvalue weighted by atomic mass is 15.1. The van der Waals surface area contributed by atoms with Gasteiger partial charge in [0.05, 0.1) is 0 Å². The highest BCUT2D eigenvalue weighted by molar-refractivity contribution is 5.28. The molecule has 0 saturated heterocycles. The van der Waals surface area contributed by atoms with Gasteiger partial charge in [0.2, 0.25) is 6.54 Å². The van der Waals surface area contributed by atoms with Crippen LogP contribution in [0.3, 0.4) is 0 Å². The molecule has 0 amide bonds. The van der Waals surface area contributed by atoms with Crippen LogP contribution in [0.2, 0.25) is 0 Å². The topological polar surface area (TPSA) is 7.60 Å². The zero-order valence-electron chi connectivity index (χ0n) is 8.95. The van der Waals surface area contributed by atoms with Gasteiger partial charge in [0.15, 0.2) is 0 Å². The average Bonchev–Trinajstić information content (AvgIpc) is 2.29. The SMILES string of the molecule is [C-]#[N+]CCCN1CCc2ccccc2C1. The van der Waals surface area contributed by atoms with Crippen molar-refractivity contribution in [1.82, 2.24) is 4.90 Å². The van der Waals surface area contributed by atoms with Gasteiger partial charge in [-0.3, -0.25) is 4.90 Å². The van der Waals surface area contributed by atoms with E-state index in [2.05, 4.69) is 34.0 Å². The molecule has 0 bridgehead atoms. The van der Waals surface area contributed by atoms with Crippen LogP contribution in [-0.4, -0.2) is 24.5 Å². The molecule has 0 atom stereocenters. The zero-order chi connectivity index (χ0) is 10.5. The van der Waals surface area contributed by atoms with Crippen LogP contribution in [0.1, 0.15) is 17.5 Å². The van der Waals surface area contributed by atoms with Gasteiger partial charge in [-0.05, 0) is 17.5 Å². The highest BCUT2D eigenvalue weighted by Gasteiger charge is 2.14. The Labute approximate surface area is 91.3 Å². The molecule has 1 aliphatic heterocycles. The lowest BCUT2D eigenvalue weighted by molar-refractivity contribution is 0.254. The van der Waals surface area contributed by atoms with Gasteiger partial charge in [-0.15, -0.1) is 0 Å². The molecule has 1 aromatic carbocycles. The first-order chi connectivity index (χ1) is 7.40. The Morgan fingerprint density at radius 1 is 1.27 bits per heavy atom. The zero-order valence-corrected chi connectivity index (χ0v) is 8.95. The van der Waals surface area contributed by atoms with E-state index >= 15 is 0 Å². The molecule has 0 aliphatic carbocycles. The Hall–Kier alpha value is -1.33. The van der Waals surface area contributed by atoms with Crippen LogP contribution in [0, 0.1) is 6.57 Å². The third-order valence-corrected chi connectivity index (χ3v) is 2.95. The van der Waals surface area contributed by atoms with Crippen molar-refractivity contribution in [3.8, 4) is 0 Å². The lowest BCUT2D eigenvalue weighted by Crippen LogP contribution is -2.31. The minimum atomic E-state index is 0.665. The Morgan fingerprint density at radius 3 is 2.87 bits per heavy atom. The minimum absolute atomic E-state index is 0.665. The Morgan fingerprint density at radius 2 is 2.07 bits per heavy atom. The van der Waals surface area contributed by atoms with Crippen molar-refractivity contribution < 1.29 is 0 Å². The Bertz CT molecular complexity index is 365. The molecule has 0 saturated carbocycles. The largest absolute Gasteiger partial charge is 0.317 e. The Balaban J connectivity index is 1.92. The molecule has 0 radical (unpaired) electrons. The molecule has 78 valence electrons. The molecule has 0 N–H and O–H groups in total. The molecule has 0 spiro atoms. The van der Waals surface area contributed by atoms with Crippen LogP contribution < -0.4 is 0 Å². The van der Waals surface area contributed by atoms with Crippen LogP contribution in [0.15, 0.2) is 24.3 Å². The maximum Gasteiger partial charge on any atom is 0.215 e. The minimum Gasteiger partial charge on any atom is -0.317 e. The fraction of sp³-hybridized carbons (Fsp3) is 0.462. The van der Waals surface area contributed by atoms with Gasteiger partial charge < -0.3 is 4.85 Å². The number of fused-ring (bicyclic) bond motifs is 1. The van der Waals surface area contributed by atoms with Crippen LogP contribution in [-0.2, 0) is 13.0 Å². The molecule has 1 aliphatic rings. The number of rotatable bonds is 3. The van der Waals surface area contributed by atoms with E-state index in [9.17, 15) is 0 Å². The second-order valence-corrected chi connectivity index (χ2v) is 4.03. The van der Waals surface area contributed by atoms with Gasteiger partial charge in [-0.2, -0.15) is 0 Å². The van der Waals surface area contributed by atoms with E-state index in [1.165, 1.54) is 11.1 Å². The monoisotopic (exact) mass is 200 g/mol. The summed E-state index contributed by atoms with van der Waals surface area (Å²) in [6.45, 7) is 10.7. The molecule has 0 fully saturated rings. The van der Waals surface area contributed by atoms with E-state index in [0.29, 0.717) is 6.54 Å². The maximum atomic E-state index is 6.74. The van der Waals surface area contributed by atoms with Gasteiger partial charge in [0.1, 0.15) is 0 Å². The first-order valence-electron chi connectivity index (χ1n) is 5.52. The molecule has 2 rings (SSSR count). The average molecular weight is 200 g/mol. The van der Waals surface area contributed by atoms with E-state index in [1.54, 1.807) is 0 Å². The summed E-state index contributed by atoms with van der Waals surface area (Å²) in [5, 5.41) is 0. The third-order valence-electron chi connectivity index (χ3n) is 2.95. The lowest BCUT2D eigenvalue weighted by Gasteiger charge is -2.28. The quantitative estimate of drug-likeness (QED) is 0.537. The second-order valence-electron chi connectivity index (χ2n) is 4.03. The number of hydrogen-bond acceptors (Lipinski definition) is 1. The summed E-state index contributed by atoms with van der Waals surface area (Å²) in [6, 6.07) is 8.68. The first kappa shape index (κ1) is 10.2. The van der Waals surface area contributed by atoms with E-state index < -0.39 is 0 Å². The number of hydrogen-bond donors (Lipinski definition) is 0. The smallest absolute Gasteiger partial charge is 0.215 e. The summed E-state index contributed by atoms with van der Waals surface area (Å²) in [6.07, 6.45) is 2.17. The van der Waals surface area contributed by atoms with Gasteiger partial charge >= 0.3 is 0 Å². The molecule has 15 heavy (non-hydrogen) atoms. The van der Waals surface area contributed by atoms with Crippen molar-refractivity contribution >= 4 is 0 Å². The summed E-state index contributed by atoms with van der Waals surface area (Å²) in [5.74, 6) is 0. The van der Waals surface area contributed by atoms with Crippen molar-refractivity contribution in [2.75, 3.05) is 19.6 Å². The van der Waals surface area contributed by atoms with Gasteiger partial charge in [0, 0.05) is 26.1 Å². The van der Waals surface area contributed by atoms with Crippen LogP contribution in [0.25, 0.3) is 4.85 Å². The summed E-state index contributed by atoms with van der Waals surface area (Å²) >= 11 is 0. The van der Waals surface area contributed by atoms with Crippen LogP contribution >= 0.6 is 0 Å². The molecule has 2 nitrogen and oxygen atoms in total. The molecular formula is C13H16N2. The number of benzene rings is 1. The van der Waals surface area contributed by atoms with Gasteiger partial charge in [-0.25, -0.2) is 6.57 Å². The van der Waals surface area contributed by atoms with Crippen LogP contribution in [0.5, 0.6) is 0 Å². The fourth-order valence-corrected chi connectivity index (χ4v) is 2.12. The van der Waals surface area contributed by atoms with Gasteiger partial charge in [-0.1, -0.05) is 24.3 Å². The fourth-order valence-electron chi connectivity index (χ4n) is 2.12. The lowest BCUT2D eigenvalue weighted by atomic mass is 10.00. The van der Waals surface area contributed by atoms with Gasteiger partial charge in [0.25, 0.3) is 0 Å². The summed E-state index contributed by atoms with van der Waals surface area (Å²) in [7, 11) is 0. The van der Waals surface area contributed by atoms with Crippen molar-refractivity contribution in [2.24, 2.45) is 0 Å². The summed E-state index contributed by atoms with van der Waals surface area (Å²) < 4.78 is 0. The third kappa shape index (κ3) is 2.57. The van der Waals surface area contributed by atoms with E-state index in [0.717, 1.165) is 32.5 Å². The van der Waals surface area contributed by atoms with E-state index in [1.807, 2.05) is 0 Å². The highest BCUT2D eigenvalue weighted by Crippen LogP contribution is 2.18. The molecule has 0 aromatic heterocycles. The molecule has 1 heterocycles. The standard InChI is InChI=1S/C13H16N2/c1-14-8-4-9-15-10-7-12-5-2-3-6-13(12)11-15/h2-3,5-6H,4,7-11H2. The number of nitrogens with zero attached hydrogens (tertiary/aromatic N) is 2. The molecule has 0 unspecified atom stereocenters. The summed E-state index contributed by atoms with van der Waals surface area (Å²) in [4.78, 5) is 5.84. The molecular weight excluding hydrogens is 184 g/mol. The Kier molecular flexibility index (Phi) is 3.37. The second kappa shape index (κ2) is 4.95. The summed E-state index contributed by atoms with van der Waals surface area (Å²) in [5.41, 5.74) is 2.96. The predicted octanol–water partition coefficient (Wildman–Crippen LogP) is 2.35. The molecule has 1 aromatic rings. The normalized spacial score (nSPS) is 15.7. The van der Waals surface area contributed by atoms with E-state index in [4.69, 9.17) is 6.57 Å². The van der Waals surface area contributed by atoms with Crippen molar-refractivity contribution in [3.05, 3.63) is 46.8 Å². The predicted molar refractivity (Wildman–Crippen MR) is 61.5 cm³/mol. The van der Waals surface area contributed by atoms with Crippen molar-refractivity contribution in [2.45, 2.75) is 19.4 Å². The maximum absolute atomic E-state index is 6.74.